The minimum atomic E-state index is -1.36. The lowest BCUT2D eigenvalue weighted by Crippen LogP contribution is -2.61. The summed E-state index contributed by atoms with van der Waals surface area (Å²) in [6.45, 7) is 5.82. The number of nitrogens with one attached hydrogen (secondary N) is 6. The highest BCUT2D eigenvalue weighted by Gasteiger charge is 2.45. The molecule has 8 amide bonds. The smallest absolute Gasteiger partial charge is 0.410 e. The van der Waals surface area contributed by atoms with Gasteiger partial charge in [-0.1, -0.05) is 114 Å². The van der Waals surface area contributed by atoms with Crippen LogP contribution in [0.25, 0.3) is 0 Å². The number of likely N-dealkylation sites (tertiary alicyclic amines) is 1. The highest BCUT2D eigenvalue weighted by atomic mass is 16.6. The number of Topliss-reactive ketones (excluding diaryl/α,β-unsaturated/α-hetero) is 1. The first-order valence-corrected chi connectivity index (χ1v) is 23.7. The third-order valence-electron chi connectivity index (χ3n) is 12.3. The fraction of sp³-hybridized carbons (Fsp3) is 0.500. The third-order valence-corrected chi connectivity index (χ3v) is 12.3. The summed E-state index contributed by atoms with van der Waals surface area (Å²) in [5.41, 5.74) is 0.336. The highest BCUT2D eigenvalue weighted by molar-refractivity contribution is 6.38. The molecule has 2 heterocycles. The number of amides is 8. The van der Waals surface area contributed by atoms with Crippen LogP contribution in [0.4, 0.5) is 4.79 Å². The Bertz CT molecular complexity index is 2310. The van der Waals surface area contributed by atoms with Gasteiger partial charge in [-0.05, 0) is 41.7 Å². The maximum absolute atomic E-state index is 14.5. The Kier molecular flexibility index (Phi) is 19.5. The Balaban J connectivity index is 1.32. The second-order valence-corrected chi connectivity index (χ2v) is 19.0. The van der Waals surface area contributed by atoms with Crippen molar-refractivity contribution in [1.29, 1.82) is 0 Å². The van der Waals surface area contributed by atoms with E-state index in [1.165, 1.54) is 42.5 Å². The monoisotopic (exact) mass is 966 g/mol. The first-order valence-electron chi connectivity index (χ1n) is 23.7. The Hall–Kier alpha value is -7.25. The molecule has 0 bridgehead atoms. The van der Waals surface area contributed by atoms with Crippen LogP contribution in [0, 0.1) is 17.3 Å². The molecule has 20 heteroatoms. The van der Waals surface area contributed by atoms with Gasteiger partial charge in [0, 0.05) is 39.6 Å². The number of ketones is 1. The molecule has 0 unspecified atom stereocenters. The molecule has 0 spiro atoms. The quantitative estimate of drug-likeness (QED) is 0.0892. The number of nitrogens with zero attached hydrogens (tertiary/aromatic N) is 4. The molecule has 2 fully saturated rings. The largest absolute Gasteiger partial charge is 0.445 e. The number of hydrogen-bond acceptors (Lipinski definition) is 12. The van der Waals surface area contributed by atoms with Crippen molar-refractivity contribution in [3.05, 3.63) is 96.1 Å². The van der Waals surface area contributed by atoms with E-state index in [4.69, 9.17) is 4.74 Å². The van der Waals surface area contributed by atoms with Gasteiger partial charge in [0.25, 0.3) is 11.8 Å². The van der Waals surface area contributed by atoms with E-state index in [1.807, 2.05) is 6.07 Å². The number of carbonyl (C=O) groups excluding carboxylic acids is 9. The first-order chi connectivity index (χ1) is 33.4. The van der Waals surface area contributed by atoms with Crippen molar-refractivity contribution in [3.8, 4) is 0 Å². The van der Waals surface area contributed by atoms with Crippen molar-refractivity contribution in [2.75, 3.05) is 33.7 Å². The average Bonchev–Trinajstić information content (AvgIpc) is 3.78. The van der Waals surface area contributed by atoms with E-state index in [0.717, 1.165) is 19.3 Å². The van der Waals surface area contributed by atoms with Crippen LogP contribution in [0.2, 0.25) is 0 Å². The van der Waals surface area contributed by atoms with Crippen LogP contribution in [0.5, 0.6) is 0 Å². The van der Waals surface area contributed by atoms with Gasteiger partial charge in [-0.15, -0.1) is 0 Å². The van der Waals surface area contributed by atoms with E-state index in [0.29, 0.717) is 30.4 Å². The molecule has 376 valence electrons. The first kappa shape index (κ1) is 53.7. The van der Waals surface area contributed by atoms with Crippen LogP contribution in [-0.4, -0.2) is 131 Å². The normalized spacial score (nSPS) is 17.6. The zero-order valence-corrected chi connectivity index (χ0v) is 40.7. The number of carbonyl (C=O) groups is 9. The third kappa shape index (κ3) is 15.1. The fourth-order valence-corrected chi connectivity index (χ4v) is 8.49. The lowest BCUT2D eigenvalue weighted by Gasteiger charge is -2.35. The molecular formula is C50H66N10O10. The molecule has 2 aliphatic rings. The summed E-state index contributed by atoms with van der Waals surface area (Å²) in [4.78, 5) is 133. The van der Waals surface area contributed by atoms with Crippen LogP contribution in [-0.2, 0) is 44.9 Å². The van der Waals surface area contributed by atoms with Crippen molar-refractivity contribution < 1.29 is 47.9 Å². The summed E-state index contributed by atoms with van der Waals surface area (Å²) in [6, 6.07) is 11.8. The number of ether oxygens (including phenoxy) is 1. The molecule has 1 aliphatic heterocycles. The predicted octanol–water partition coefficient (Wildman–Crippen LogP) is 2.36. The van der Waals surface area contributed by atoms with E-state index in [9.17, 15) is 43.2 Å². The van der Waals surface area contributed by atoms with Crippen LogP contribution in [0.15, 0.2) is 79.3 Å². The van der Waals surface area contributed by atoms with Crippen molar-refractivity contribution in [3.63, 3.8) is 0 Å². The lowest BCUT2D eigenvalue weighted by atomic mass is 9.82. The minimum Gasteiger partial charge on any atom is -0.445 e. The minimum absolute atomic E-state index is 0.0247. The average molecular weight is 967 g/mol. The Morgan fingerprint density at radius 2 is 1.49 bits per heavy atom. The van der Waals surface area contributed by atoms with E-state index in [1.54, 1.807) is 82.3 Å². The molecule has 1 saturated carbocycles. The van der Waals surface area contributed by atoms with E-state index in [2.05, 4.69) is 41.9 Å². The van der Waals surface area contributed by atoms with E-state index >= 15 is 0 Å². The van der Waals surface area contributed by atoms with Gasteiger partial charge in [0.2, 0.25) is 35.3 Å². The molecule has 20 nitrogen and oxygen atoms in total. The summed E-state index contributed by atoms with van der Waals surface area (Å²) in [6.07, 6.45) is 7.75. The number of aromatic nitrogens is 2. The van der Waals surface area contributed by atoms with Crippen molar-refractivity contribution in [2.24, 2.45) is 17.3 Å². The molecular weight excluding hydrogens is 901 g/mol. The maximum atomic E-state index is 14.5. The van der Waals surface area contributed by atoms with Gasteiger partial charge in [-0.3, -0.25) is 43.3 Å². The SMILES string of the molecule is CCC[C@H](NC(=O)[C@@H]1CN(C(=O)OCc2ccccc2)C[C@@H]1NC(=O)[C@@H](NC(=O)[C@@H](NC(=O)c1cnccn1)C1CCCCC1)C(C)(C)C)C(=O)C(=O)NCC(=O)N[C@H](C(=O)N(C)C)c1ccccc1. The van der Waals surface area contributed by atoms with Crippen LogP contribution >= 0.6 is 0 Å². The molecule has 1 aromatic heterocycles. The van der Waals surface area contributed by atoms with Gasteiger partial charge in [-0.25, -0.2) is 9.78 Å². The van der Waals surface area contributed by atoms with Gasteiger partial charge >= 0.3 is 6.09 Å². The molecule has 70 heavy (non-hydrogen) atoms. The van der Waals surface area contributed by atoms with Crippen LogP contribution in [0.1, 0.15) is 100 Å². The number of likely N-dealkylation sites (N-methyl/N-ethyl adjacent to an activating group) is 1. The standard InChI is InChI=1S/C50H66N10O10/c1-7-17-35(41(62)46(66)53-27-38(61)56-40(48(68)59(5)6)33-22-15-10-16-23-33)54-43(63)34-28-60(49(69)70-30-31-18-11-8-12-19-31)29-37(34)55-47(67)42(50(2,3)4)58-45(65)39(32-20-13-9-14-21-32)57-44(64)36-26-51-24-25-52-36/h8,10-12,15-16,18-19,22-26,32,34-35,37,39-40,42H,7,9,13-14,17,20-21,27-30H2,1-6H3,(H,53,66)(H,54,63)(H,55,67)(H,56,61)(H,57,64)(H,58,65)/t34-,35+,37+,39+,40+,42-/m1/s1. The van der Waals surface area contributed by atoms with Crippen molar-refractivity contribution >= 4 is 53.2 Å². The van der Waals surface area contributed by atoms with Crippen LogP contribution in [0.3, 0.4) is 0 Å². The molecule has 6 atom stereocenters. The zero-order chi connectivity index (χ0) is 51.0. The summed E-state index contributed by atoms with van der Waals surface area (Å²) in [5.74, 6) is -7.36. The summed E-state index contributed by atoms with van der Waals surface area (Å²) in [7, 11) is 3.07. The maximum Gasteiger partial charge on any atom is 0.410 e. The molecule has 0 radical (unpaired) electrons. The van der Waals surface area contributed by atoms with Crippen molar-refractivity contribution in [1.82, 2.24) is 51.7 Å². The van der Waals surface area contributed by atoms with Crippen molar-refractivity contribution in [2.45, 2.75) is 109 Å². The van der Waals surface area contributed by atoms with Gasteiger partial charge < -0.3 is 46.4 Å². The summed E-state index contributed by atoms with van der Waals surface area (Å²) >= 11 is 0. The predicted molar refractivity (Wildman–Crippen MR) is 256 cm³/mol. The number of hydrogen-bond donors (Lipinski definition) is 6. The Morgan fingerprint density at radius 3 is 2.10 bits per heavy atom. The number of rotatable bonds is 20. The van der Waals surface area contributed by atoms with E-state index in [-0.39, 0.29) is 37.7 Å². The topological polar surface area (TPSA) is 267 Å². The molecule has 2 aromatic carbocycles. The highest BCUT2D eigenvalue weighted by Crippen LogP contribution is 2.29. The van der Waals surface area contributed by atoms with Gasteiger partial charge in [0.05, 0.1) is 30.7 Å². The van der Waals surface area contributed by atoms with E-state index < -0.39 is 101 Å². The molecule has 1 saturated heterocycles. The summed E-state index contributed by atoms with van der Waals surface area (Å²) in [5, 5.41) is 16.2. The van der Waals surface area contributed by atoms with Gasteiger partial charge in [0.15, 0.2) is 0 Å². The molecule has 5 rings (SSSR count). The van der Waals surface area contributed by atoms with Crippen LogP contribution < -0.4 is 31.9 Å². The number of benzene rings is 2. The summed E-state index contributed by atoms with van der Waals surface area (Å²) < 4.78 is 5.59. The Labute approximate surface area is 408 Å². The lowest BCUT2D eigenvalue weighted by molar-refractivity contribution is -0.141. The molecule has 1 aliphatic carbocycles. The van der Waals surface area contributed by atoms with Gasteiger partial charge in [-0.2, -0.15) is 0 Å². The second kappa shape index (κ2) is 25.4. The zero-order valence-electron chi connectivity index (χ0n) is 40.7. The second-order valence-electron chi connectivity index (χ2n) is 19.0. The Morgan fingerprint density at radius 1 is 0.814 bits per heavy atom. The molecule has 6 N–H and O–H groups in total. The fourth-order valence-electron chi connectivity index (χ4n) is 8.49. The molecule has 3 aromatic rings. The van der Waals surface area contributed by atoms with Gasteiger partial charge in [0.1, 0.15) is 30.4 Å².